The molecule has 0 saturated carbocycles. The molecule has 0 aliphatic carbocycles. The zero-order valence-corrected chi connectivity index (χ0v) is 14.7. The fourth-order valence-corrected chi connectivity index (χ4v) is 3.41. The molecule has 5 nitrogen and oxygen atoms in total. The van der Waals surface area contributed by atoms with E-state index in [9.17, 15) is 10.2 Å². The summed E-state index contributed by atoms with van der Waals surface area (Å²) >= 11 is 0. The molecule has 5 heteroatoms. The van der Waals surface area contributed by atoms with Gasteiger partial charge in [0.1, 0.15) is 30.3 Å². The summed E-state index contributed by atoms with van der Waals surface area (Å²) < 4.78 is 10.9. The maximum atomic E-state index is 10.3. The van der Waals surface area contributed by atoms with Crippen LogP contribution in [0.2, 0.25) is 0 Å². The van der Waals surface area contributed by atoms with E-state index < -0.39 is 12.2 Å². The van der Waals surface area contributed by atoms with Gasteiger partial charge in [-0.2, -0.15) is 0 Å². The summed E-state index contributed by atoms with van der Waals surface area (Å²) in [6.45, 7) is 3.80. The number of benzene rings is 1. The minimum atomic E-state index is -0.596. The Kier molecular flexibility index (Phi) is 6.13. The van der Waals surface area contributed by atoms with Crippen molar-refractivity contribution in [3.05, 3.63) is 54.0 Å². The van der Waals surface area contributed by atoms with Gasteiger partial charge in [-0.15, -0.1) is 0 Å². The van der Waals surface area contributed by atoms with Gasteiger partial charge in [0, 0.05) is 12.6 Å². The molecule has 0 radical (unpaired) electrons. The van der Waals surface area contributed by atoms with E-state index in [4.69, 9.17) is 9.15 Å². The van der Waals surface area contributed by atoms with Crippen molar-refractivity contribution in [1.82, 2.24) is 4.90 Å². The maximum absolute atomic E-state index is 10.3. The summed E-state index contributed by atoms with van der Waals surface area (Å²) in [7, 11) is 0. The molecule has 3 atom stereocenters. The van der Waals surface area contributed by atoms with Crippen molar-refractivity contribution in [1.29, 1.82) is 0 Å². The first-order chi connectivity index (χ1) is 12.1. The number of furan rings is 1. The van der Waals surface area contributed by atoms with Crippen LogP contribution >= 0.6 is 0 Å². The highest BCUT2D eigenvalue weighted by Crippen LogP contribution is 2.27. The molecule has 1 saturated heterocycles. The predicted molar refractivity (Wildman–Crippen MR) is 95.6 cm³/mol. The third kappa shape index (κ3) is 5.08. The van der Waals surface area contributed by atoms with E-state index in [2.05, 4.69) is 4.90 Å². The van der Waals surface area contributed by atoms with Crippen molar-refractivity contribution in [3.63, 3.8) is 0 Å². The van der Waals surface area contributed by atoms with Crippen LogP contribution in [0, 0.1) is 6.92 Å². The van der Waals surface area contributed by atoms with Crippen LogP contribution in [-0.4, -0.2) is 47.0 Å². The van der Waals surface area contributed by atoms with E-state index in [1.54, 1.807) is 18.4 Å². The van der Waals surface area contributed by atoms with Crippen LogP contribution < -0.4 is 4.74 Å². The van der Waals surface area contributed by atoms with Gasteiger partial charge < -0.3 is 19.4 Å². The quantitative estimate of drug-likeness (QED) is 0.770. The monoisotopic (exact) mass is 345 g/mol. The Labute approximate surface area is 148 Å². The lowest BCUT2D eigenvalue weighted by Gasteiger charge is -2.28. The molecule has 2 heterocycles. The van der Waals surface area contributed by atoms with Crippen LogP contribution in [0.15, 0.2) is 47.1 Å². The number of ether oxygens (including phenoxy) is 1. The van der Waals surface area contributed by atoms with E-state index in [0.29, 0.717) is 18.7 Å². The molecule has 1 aliphatic heterocycles. The number of β-amino-alcohol motifs (C(OH)–C–C–N with tert-alkyl or cyclic N) is 1. The van der Waals surface area contributed by atoms with E-state index in [0.717, 1.165) is 25.1 Å². The molecule has 0 bridgehead atoms. The van der Waals surface area contributed by atoms with Crippen LogP contribution in [0.5, 0.6) is 5.75 Å². The lowest BCUT2D eigenvalue weighted by atomic mass is 10.0. The predicted octanol–water partition coefficient (Wildman–Crippen LogP) is 2.92. The van der Waals surface area contributed by atoms with Gasteiger partial charge in [-0.25, -0.2) is 0 Å². The molecule has 1 aliphatic rings. The molecule has 3 unspecified atom stereocenters. The Bertz CT molecular complexity index is 626. The highest BCUT2D eigenvalue weighted by molar-refractivity contribution is 5.26. The first kappa shape index (κ1) is 18.0. The van der Waals surface area contributed by atoms with Crippen molar-refractivity contribution >= 4 is 0 Å². The topological polar surface area (TPSA) is 66.1 Å². The normalized spacial score (nSPS) is 20.5. The first-order valence-electron chi connectivity index (χ1n) is 8.95. The van der Waals surface area contributed by atoms with Crippen LogP contribution in [0.3, 0.4) is 0 Å². The lowest BCUT2D eigenvalue weighted by molar-refractivity contribution is 0.0481. The second kappa shape index (κ2) is 8.52. The minimum Gasteiger partial charge on any atom is -0.491 e. The van der Waals surface area contributed by atoms with Crippen LogP contribution in [0.25, 0.3) is 0 Å². The fraction of sp³-hybridized carbons (Fsp3) is 0.500. The van der Waals surface area contributed by atoms with Crippen molar-refractivity contribution in [2.24, 2.45) is 0 Å². The molecule has 136 valence electrons. The average Bonchev–Trinajstić information content (AvgIpc) is 3.27. The van der Waals surface area contributed by atoms with Gasteiger partial charge in [-0.1, -0.05) is 17.7 Å². The maximum Gasteiger partial charge on any atom is 0.132 e. The molecule has 1 aromatic heterocycles. The van der Waals surface area contributed by atoms with Gasteiger partial charge in [0.05, 0.1) is 6.26 Å². The third-order valence-electron chi connectivity index (χ3n) is 4.77. The van der Waals surface area contributed by atoms with Crippen molar-refractivity contribution in [3.8, 4) is 5.75 Å². The second-order valence-electron chi connectivity index (χ2n) is 6.84. The zero-order valence-electron chi connectivity index (χ0n) is 14.7. The Morgan fingerprint density at radius 1 is 1.24 bits per heavy atom. The number of aryl methyl sites for hydroxylation is 1. The number of hydrogen-bond donors (Lipinski definition) is 2. The first-order valence-corrected chi connectivity index (χ1v) is 8.95. The summed E-state index contributed by atoms with van der Waals surface area (Å²) in [5.74, 6) is 1.38. The zero-order chi connectivity index (χ0) is 17.6. The minimum absolute atomic E-state index is 0.258. The number of hydrogen-bond acceptors (Lipinski definition) is 5. The summed E-state index contributed by atoms with van der Waals surface area (Å²) in [6.07, 6.45) is 3.17. The number of likely N-dealkylation sites (tertiary alicyclic amines) is 1. The van der Waals surface area contributed by atoms with Gasteiger partial charge in [0.25, 0.3) is 0 Å². The van der Waals surface area contributed by atoms with Gasteiger partial charge in [-0.05, 0) is 57.0 Å². The van der Waals surface area contributed by atoms with Gasteiger partial charge in [-0.3, -0.25) is 4.90 Å². The summed E-state index contributed by atoms with van der Waals surface area (Å²) in [5, 5.41) is 20.6. The Morgan fingerprint density at radius 3 is 2.76 bits per heavy atom. The summed E-state index contributed by atoms with van der Waals surface area (Å²) in [4.78, 5) is 2.25. The van der Waals surface area contributed by atoms with Crippen molar-refractivity contribution < 1.29 is 19.4 Å². The molecule has 2 N–H and O–H groups in total. The summed E-state index contributed by atoms with van der Waals surface area (Å²) in [6, 6.07) is 11.7. The average molecular weight is 345 g/mol. The Balaban J connectivity index is 1.46. The number of aliphatic hydroxyl groups is 2. The molecule has 0 spiro atoms. The van der Waals surface area contributed by atoms with Gasteiger partial charge in [0.2, 0.25) is 0 Å². The van der Waals surface area contributed by atoms with Crippen LogP contribution in [0.1, 0.15) is 36.7 Å². The number of nitrogens with zero attached hydrogens (tertiary/aromatic N) is 1. The fourth-order valence-electron chi connectivity index (χ4n) is 3.41. The van der Waals surface area contributed by atoms with E-state index in [1.807, 2.05) is 31.2 Å². The molecule has 25 heavy (non-hydrogen) atoms. The molecule has 3 rings (SSSR count). The summed E-state index contributed by atoms with van der Waals surface area (Å²) in [5.41, 5.74) is 1.18. The highest BCUT2D eigenvalue weighted by Gasteiger charge is 2.29. The number of rotatable bonds is 8. The molecule has 1 aromatic carbocycles. The van der Waals surface area contributed by atoms with Crippen LogP contribution in [0.4, 0.5) is 0 Å². The Hall–Kier alpha value is -1.82. The highest BCUT2D eigenvalue weighted by atomic mass is 16.5. The molecule has 0 amide bonds. The third-order valence-corrected chi connectivity index (χ3v) is 4.77. The van der Waals surface area contributed by atoms with E-state index >= 15 is 0 Å². The Morgan fingerprint density at radius 2 is 2.04 bits per heavy atom. The second-order valence-corrected chi connectivity index (χ2v) is 6.84. The molecular formula is C20H27NO4. The largest absolute Gasteiger partial charge is 0.491 e. The lowest BCUT2D eigenvalue weighted by Crippen LogP contribution is -2.39. The SMILES string of the molecule is Cc1ccc(OCC(O)CN2CCCC2CC(O)c2ccco2)cc1. The molecular weight excluding hydrogens is 318 g/mol. The molecule has 2 aromatic rings. The smallest absolute Gasteiger partial charge is 0.132 e. The molecule has 1 fully saturated rings. The van der Waals surface area contributed by atoms with Crippen molar-refractivity contribution in [2.75, 3.05) is 19.7 Å². The van der Waals surface area contributed by atoms with Crippen LogP contribution in [-0.2, 0) is 0 Å². The standard InChI is InChI=1S/C20H27NO4/c1-15-6-8-18(9-7-15)25-14-17(22)13-21-10-2-4-16(21)12-19(23)20-5-3-11-24-20/h3,5-9,11,16-17,19,22-23H,2,4,10,12-14H2,1H3. The number of aliphatic hydroxyl groups excluding tert-OH is 2. The van der Waals surface area contributed by atoms with Gasteiger partial charge >= 0.3 is 0 Å². The van der Waals surface area contributed by atoms with Crippen molar-refractivity contribution in [2.45, 2.75) is 44.4 Å². The van der Waals surface area contributed by atoms with E-state index in [-0.39, 0.29) is 12.6 Å². The van der Waals surface area contributed by atoms with Gasteiger partial charge in [0.15, 0.2) is 0 Å². The van der Waals surface area contributed by atoms with E-state index in [1.165, 1.54) is 5.56 Å².